The van der Waals surface area contributed by atoms with Crippen LogP contribution in [0.15, 0.2) is 36.4 Å². The van der Waals surface area contributed by atoms with Crippen LogP contribution < -0.4 is 10.1 Å². The van der Waals surface area contributed by atoms with Crippen LogP contribution in [0, 0.1) is 23.2 Å². The first kappa shape index (κ1) is 21.7. The maximum Gasteiger partial charge on any atom is 0.265 e. The van der Waals surface area contributed by atoms with Crippen molar-refractivity contribution in [3.05, 3.63) is 58.1 Å². The third-order valence-corrected chi connectivity index (χ3v) is 5.57. The number of halogens is 1. The number of nitriles is 1. The Balaban J connectivity index is 1.76. The van der Waals surface area contributed by atoms with Gasteiger partial charge in [-0.3, -0.25) is 4.79 Å². The van der Waals surface area contributed by atoms with Crippen molar-refractivity contribution in [3.63, 3.8) is 0 Å². The number of carbonyl (C=O) groups is 1. The SMILES string of the molecule is COc1ccc(C#CC(O)C(=O)Nc2ccc(C#N)c(Cl)c2)c(C2CCCCC2)c1. The lowest BCUT2D eigenvalue weighted by Gasteiger charge is -2.23. The van der Waals surface area contributed by atoms with Crippen LogP contribution in [0.4, 0.5) is 5.69 Å². The molecule has 0 heterocycles. The minimum atomic E-state index is -1.50. The Hall–Kier alpha value is -2.99. The van der Waals surface area contributed by atoms with Gasteiger partial charge in [0.05, 0.1) is 17.7 Å². The molecule has 0 radical (unpaired) electrons. The van der Waals surface area contributed by atoms with E-state index in [1.54, 1.807) is 13.2 Å². The molecule has 1 aliphatic carbocycles. The number of anilines is 1. The predicted octanol–water partition coefficient (Wildman–Crippen LogP) is 4.62. The van der Waals surface area contributed by atoms with Crippen molar-refractivity contribution in [1.29, 1.82) is 5.26 Å². The second-order valence-electron chi connectivity index (χ2n) is 7.26. The molecule has 1 saturated carbocycles. The fourth-order valence-corrected chi connectivity index (χ4v) is 3.86. The Kier molecular flexibility index (Phi) is 7.36. The Morgan fingerprint density at radius 2 is 1.93 bits per heavy atom. The van der Waals surface area contributed by atoms with E-state index in [4.69, 9.17) is 21.6 Å². The standard InChI is InChI=1S/C24H23ClN2O3/c1-30-20-11-8-17(21(14-20)16-5-3-2-4-6-16)9-12-23(28)24(29)27-19-10-7-18(15-26)22(25)13-19/h7-8,10-11,13-14,16,23,28H,2-6H2,1H3,(H,27,29). The summed E-state index contributed by atoms with van der Waals surface area (Å²) in [7, 11) is 1.63. The maximum atomic E-state index is 12.3. The first-order chi connectivity index (χ1) is 14.5. The molecule has 0 aromatic heterocycles. The number of nitrogens with zero attached hydrogens (tertiary/aromatic N) is 1. The van der Waals surface area contributed by atoms with Gasteiger partial charge in [-0.05, 0) is 60.7 Å². The van der Waals surface area contributed by atoms with Gasteiger partial charge in [0, 0.05) is 11.3 Å². The number of aliphatic hydroxyl groups excluding tert-OH is 1. The molecule has 0 saturated heterocycles. The summed E-state index contributed by atoms with van der Waals surface area (Å²) in [6.07, 6.45) is 4.33. The largest absolute Gasteiger partial charge is 0.497 e. The molecule has 1 unspecified atom stereocenters. The van der Waals surface area contributed by atoms with Crippen LogP contribution in [0.1, 0.15) is 54.7 Å². The number of nitrogens with one attached hydrogen (secondary N) is 1. The second kappa shape index (κ2) is 10.2. The van der Waals surface area contributed by atoms with Crippen molar-refractivity contribution in [2.24, 2.45) is 0 Å². The molecular weight excluding hydrogens is 400 g/mol. The highest BCUT2D eigenvalue weighted by molar-refractivity contribution is 6.32. The second-order valence-corrected chi connectivity index (χ2v) is 7.66. The zero-order chi connectivity index (χ0) is 21.5. The van der Waals surface area contributed by atoms with Gasteiger partial charge in [-0.25, -0.2) is 0 Å². The van der Waals surface area contributed by atoms with Crippen molar-refractivity contribution in [2.45, 2.75) is 44.1 Å². The van der Waals surface area contributed by atoms with Gasteiger partial charge in [-0.15, -0.1) is 0 Å². The average Bonchev–Trinajstić information content (AvgIpc) is 2.78. The summed E-state index contributed by atoms with van der Waals surface area (Å²) in [5.74, 6) is 6.14. The topological polar surface area (TPSA) is 82.3 Å². The lowest BCUT2D eigenvalue weighted by Crippen LogP contribution is -2.26. The Morgan fingerprint density at radius 3 is 2.60 bits per heavy atom. The lowest BCUT2D eigenvalue weighted by molar-refractivity contribution is -0.121. The first-order valence-corrected chi connectivity index (χ1v) is 10.3. The quantitative estimate of drug-likeness (QED) is 0.704. The molecule has 3 rings (SSSR count). The van der Waals surface area contributed by atoms with Crippen LogP contribution in [0.25, 0.3) is 0 Å². The van der Waals surface area contributed by atoms with E-state index in [1.165, 1.54) is 31.4 Å². The summed E-state index contributed by atoms with van der Waals surface area (Å²) in [6, 6.07) is 12.2. The van der Waals surface area contributed by atoms with Crippen LogP contribution >= 0.6 is 11.6 Å². The first-order valence-electron chi connectivity index (χ1n) is 9.90. The van der Waals surface area contributed by atoms with Gasteiger partial charge in [0.15, 0.2) is 6.10 Å². The highest BCUT2D eigenvalue weighted by atomic mass is 35.5. The third-order valence-electron chi connectivity index (χ3n) is 5.25. The molecule has 1 aliphatic rings. The zero-order valence-corrected chi connectivity index (χ0v) is 17.5. The molecular formula is C24H23ClN2O3. The van der Waals surface area contributed by atoms with Gasteiger partial charge < -0.3 is 15.2 Å². The predicted molar refractivity (Wildman–Crippen MR) is 117 cm³/mol. The van der Waals surface area contributed by atoms with E-state index in [0.717, 1.165) is 29.7 Å². The summed E-state index contributed by atoms with van der Waals surface area (Å²) >= 11 is 5.98. The number of hydrogen-bond acceptors (Lipinski definition) is 4. The van der Waals surface area contributed by atoms with Crippen LogP contribution in [0.5, 0.6) is 5.75 Å². The number of ether oxygens (including phenoxy) is 1. The smallest absolute Gasteiger partial charge is 0.265 e. The monoisotopic (exact) mass is 422 g/mol. The van der Waals surface area contributed by atoms with Gasteiger partial charge >= 0.3 is 0 Å². The molecule has 6 heteroatoms. The summed E-state index contributed by atoms with van der Waals surface area (Å²) in [5, 5.41) is 21.9. The molecule has 0 bridgehead atoms. The third kappa shape index (κ3) is 5.33. The van der Waals surface area contributed by atoms with Crippen LogP contribution in [0.3, 0.4) is 0 Å². The minimum Gasteiger partial charge on any atom is -0.497 e. The molecule has 2 aromatic carbocycles. The zero-order valence-electron chi connectivity index (χ0n) is 16.7. The maximum absolute atomic E-state index is 12.3. The van der Waals surface area contributed by atoms with Crippen molar-refractivity contribution in [3.8, 4) is 23.7 Å². The lowest BCUT2D eigenvalue weighted by atomic mass is 9.82. The van der Waals surface area contributed by atoms with Gasteiger partial charge in [0.25, 0.3) is 5.91 Å². The van der Waals surface area contributed by atoms with Gasteiger partial charge in [0.1, 0.15) is 11.8 Å². The van der Waals surface area contributed by atoms with Crippen molar-refractivity contribution >= 4 is 23.2 Å². The average molecular weight is 423 g/mol. The molecule has 0 spiro atoms. The van der Waals surface area contributed by atoms with E-state index in [0.29, 0.717) is 17.2 Å². The normalized spacial score (nSPS) is 14.7. The number of amides is 1. The molecule has 0 aliphatic heterocycles. The molecule has 154 valence electrons. The molecule has 2 aromatic rings. The number of hydrogen-bond donors (Lipinski definition) is 2. The number of carbonyl (C=O) groups excluding carboxylic acids is 1. The molecule has 1 fully saturated rings. The Morgan fingerprint density at radius 1 is 1.20 bits per heavy atom. The van der Waals surface area contributed by atoms with Crippen molar-refractivity contribution in [2.75, 3.05) is 12.4 Å². The van der Waals surface area contributed by atoms with Crippen LogP contribution in [0.2, 0.25) is 5.02 Å². The van der Waals surface area contributed by atoms with E-state index in [1.807, 2.05) is 24.3 Å². The fraction of sp³-hybridized carbons (Fsp3) is 0.333. The van der Waals surface area contributed by atoms with E-state index in [9.17, 15) is 9.90 Å². The molecule has 2 N–H and O–H groups in total. The number of rotatable bonds is 4. The molecule has 5 nitrogen and oxygen atoms in total. The highest BCUT2D eigenvalue weighted by Crippen LogP contribution is 2.35. The van der Waals surface area contributed by atoms with Crippen LogP contribution in [-0.2, 0) is 4.79 Å². The summed E-state index contributed by atoms with van der Waals surface area (Å²) < 4.78 is 5.36. The minimum absolute atomic E-state index is 0.228. The number of benzene rings is 2. The number of methoxy groups -OCH3 is 1. The highest BCUT2D eigenvalue weighted by Gasteiger charge is 2.19. The van der Waals surface area contributed by atoms with Gasteiger partial charge in [-0.1, -0.05) is 42.7 Å². The number of aliphatic hydroxyl groups is 1. The van der Waals surface area contributed by atoms with Gasteiger partial charge in [0.2, 0.25) is 0 Å². The summed E-state index contributed by atoms with van der Waals surface area (Å²) in [5.41, 5.74) is 2.60. The van der Waals surface area contributed by atoms with Crippen molar-refractivity contribution < 1.29 is 14.6 Å². The Bertz CT molecular complexity index is 1030. The Labute approximate surface area is 181 Å². The van der Waals surface area contributed by atoms with Crippen LogP contribution in [-0.4, -0.2) is 24.2 Å². The van der Waals surface area contributed by atoms with Gasteiger partial charge in [-0.2, -0.15) is 5.26 Å². The molecule has 1 atom stereocenters. The fourth-order valence-electron chi connectivity index (χ4n) is 3.64. The van der Waals surface area contributed by atoms with E-state index in [2.05, 4.69) is 17.2 Å². The summed E-state index contributed by atoms with van der Waals surface area (Å²) in [4.78, 5) is 12.3. The molecule has 30 heavy (non-hydrogen) atoms. The van der Waals surface area contributed by atoms with E-state index < -0.39 is 12.0 Å². The van der Waals surface area contributed by atoms with E-state index in [-0.39, 0.29) is 5.02 Å². The van der Waals surface area contributed by atoms with Crippen molar-refractivity contribution in [1.82, 2.24) is 0 Å². The summed E-state index contributed by atoms with van der Waals surface area (Å²) in [6.45, 7) is 0. The molecule has 1 amide bonds. The van der Waals surface area contributed by atoms with E-state index >= 15 is 0 Å².